The molecule has 0 bridgehead atoms. The van der Waals surface area contributed by atoms with E-state index in [4.69, 9.17) is 24.1 Å². The predicted molar refractivity (Wildman–Crippen MR) is 85.4 cm³/mol. The highest BCUT2D eigenvalue weighted by atomic mass is 16.6. The lowest BCUT2D eigenvalue weighted by Crippen LogP contribution is -2.28. The van der Waals surface area contributed by atoms with Crippen LogP contribution in [0.2, 0.25) is 0 Å². The third-order valence-corrected chi connectivity index (χ3v) is 3.21. The maximum atomic E-state index is 10.3. The Bertz CT molecular complexity index is 422. The molecule has 130 valence electrons. The summed E-state index contributed by atoms with van der Waals surface area (Å²) >= 11 is 0. The number of benzene rings is 1. The van der Waals surface area contributed by atoms with Crippen molar-refractivity contribution in [2.45, 2.75) is 32.7 Å². The van der Waals surface area contributed by atoms with E-state index in [1.54, 1.807) is 0 Å². The monoisotopic (exact) mass is 326 g/mol. The normalized spacial score (nSPS) is 13.7. The molecule has 0 unspecified atom stereocenters. The molecule has 1 rings (SSSR count). The van der Waals surface area contributed by atoms with E-state index in [9.17, 15) is 4.79 Å². The van der Waals surface area contributed by atoms with Crippen LogP contribution in [0, 0.1) is 0 Å². The summed E-state index contributed by atoms with van der Waals surface area (Å²) < 4.78 is 21.6. The molecule has 0 aliphatic heterocycles. The Morgan fingerprint density at radius 3 is 2.09 bits per heavy atom. The molecule has 2 atom stereocenters. The molecule has 0 aliphatic carbocycles. The molecule has 0 fully saturated rings. The zero-order chi connectivity index (χ0) is 16.9. The molecule has 0 saturated heterocycles. The molecule has 1 aromatic rings. The Morgan fingerprint density at radius 1 is 0.957 bits per heavy atom. The summed E-state index contributed by atoms with van der Waals surface area (Å²) in [6.07, 6.45) is -0.174. The van der Waals surface area contributed by atoms with Crippen molar-refractivity contribution in [3.05, 3.63) is 35.9 Å². The number of hydrogen-bond donors (Lipinski definition) is 1. The Balaban J connectivity index is 1.99. The highest BCUT2D eigenvalue weighted by Crippen LogP contribution is 2.04. The van der Waals surface area contributed by atoms with Gasteiger partial charge in [-0.15, -0.1) is 0 Å². The van der Waals surface area contributed by atoms with E-state index >= 15 is 0 Å². The standard InChI is InChI=1S/C17H26O6/c1-14(15(2)23-11-9-21-13-17(18)19)22-10-8-20-12-16-6-4-3-5-7-16/h3-7,14-15H,8-13H2,1-2H3,(H,18,19)/t14-,15-/m1/s1. The maximum absolute atomic E-state index is 10.3. The first-order valence-electron chi connectivity index (χ1n) is 7.74. The van der Waals surface area contributed by atoms with E-state index in [0.717, 1.165) is 5.56 Å². The van der Waals surface area contributed by atoms with Gasteiger partial charge in [-0.1, -0.05) is 30.3 Å². The highest BCUT2D eigenvalue weighted by Gasteiger charge is 2.13. The Morgan fingerprint density at radius 2 is 1.52 bits per heavy atom. The van der Waals surface area contributed by atoms with Crippen molar-refractivity contribution in [3.8, 4) is 0 Å². The van der Waals surface area contributed by atoms with Gasteiger partial charge in [0, 0.05) is 0 Å². The number of carbonyl (C=O) groups is 1. The van der Waals surface area contributed by atoms with Crippen molar-refractivity contribution in [3.63, 3.8) is 0 Å². The second-order valence-corrected chi connectivity index (χ2v) is 5.14. The van der Waals surface area contributed by atoms with Gasteiger partial charge in [0.25, 0.3) is 0 Å². The molecule has 0 radical (unpaired) electrons. The fourth-order valence-corrected chi connectivity index (χ4v) is 1.78. The lowest BCUT2D eigenvalue weighted by Gasteiger charge is -2.21. The molecule has 0 heterocycles. The van der Waals surface area contributed by atoms with E-state index in [2.05, 4.69) is 0 Å². The Labute approximate surface area is 137 Å². The summed E-state index contributed by atoms with van der Waals surface area (Å²) in [5.41, 5.74) is 1.14. The number of rotatable bonds is 13. The molecule has 6 nitrogen and oxygen atoms in total. The predicted octanol–water partition coefficient (Wildman–Crippen LogP) is 2.11. The average Bonchev–Trinajstić information content (AvgIpc) is 2.54. The SMILES string of the molecule is C[C@@H](OCCOCC(=O)O)[C@@H](C)OCCOCc1ccccc1. The first kappa shape index (κ1) is 19.6. The number of carboxylic acid groups (broad SMARTS) is 1. The van der Waals surface area contributed by atoms with E-state index in [-0.39, 0.29) is 25.4 Å². The highest BCUT2D eigenvalue weighted by molar-refractivity contribution is 5.67. The third-order valence-electron chi connectivity index (χ3n) is 3.21. The van der Waals surface area contributed by atoms with E-state index in [0.29, 0.717) is 26.4 Å². The Kier molecular flexibility index (Phi) is 10.2. The molecule has 23 heavy (non-hydrogen) atoms. The second-order valence-electron chi connectivity index (χ2n) is 5.14. The maximum Gasteiger partial charge on any atom is 0.329 e. The van der Waals surface area contributed by atoms with Crippen molar-refractivity contribution in [2.24, 2.45) is 0 Å². The number of ether oxygens (including phenoxy) is 4. The van der Waals surface area contributed by atoms with Gasteiger partial charge in [-0.2, -0.15) is 0 Å². The van der Waals surface area contributed by atoms with E-state index < -0.39 is 5.97 Å². The van der Waals surface area contributed by atoms with Crippen molar-refractivity contribution in [1.82, 2.24) is 0 Å². The fraction of sp³-hybridized carbons (Fsp3) is 0.588. The Hall–Kier alpha value is -1.47. The van der Waals surface area contributed by atoms with Crippen LogP contribution in [0.4, 0.5) is 0 Å². The summed E-state index contributed by atoms with van der Waals surface area (Å²) in [5, 5.41) is 8.43. The van der Waals surface area contributed by atoms with Crippen molar-refractivity contribution >= 4 is 5.97 Å². The van der Waals surface area contributed by atoms with Crippen LogP contribution in [0.3, 0.4) is 0 Å². The van der Waals surface area contributed by atoms with Crippen LogP contribution >= 0.6 is 0 Å². The van der Waals surface area contributed by atoms with Gasteiger partial charge in [0.2, 0.25) is 0 Å². The molecule has 0 amide bonds. The largest absolute Gasteiger partial charge is 0.480 e. The molecule has 0 aromatic heterocycles. The molecule has 1 N–H and O–H groups in total. The minimum Gasteiger partial charge on any atom is -0.480 e. The van der Waals surface area contributed by atoms with Crippen LogP contribution in [0.15, 0.2) is 30.3 Å². The summed E-state index contributed by atoms with van der Waals surface area (Å²) in [6, 6.07) is 9.98. The van der Waals surface area contributed by atoms with Gasteiger partial charge in [-0.3, -0.25) is 0 Å². The zero-order valence-electron chi connectivity index (χ0n) is 13.8. The van der Waals surface area contributed by atoms with E-state index in [1.165, 1.54) is 0 Å². The number of hydrogen-bond acceptors (Lipinski definition) is 5. The third kappa shape index (κ3) is 10.0. The molecule has 6 heteroatoms. The number of carboxylic acids is 1. The second kappa shape index (κ2) is 12.0. The van der Waals surface area contributed by atoms with Gasteiger partial charge in [-0.05, 0) is 19.4 Å². The first-order valence-corrected chi connectivity index (χ1v) is 7.74. The molecule has 0 spiro atoms. The summed E-state index contributed by atoms with van der Waals surface area (Å²) in [4.78, 5) is 10.3. The van der Waals surface area contributed by atoms with Crippen LogP contribution < -0.4 is 0 Å². The molecular formula is C17H26O6. The molecule has 0 saturated carbocycles. The van der Waals surface area contributed by atoms with Crippen LogP contribution in [0.1, 0.15) is 19.4 Å². The summed E-state index contributed by atoms with van der Waals surface area (Å²) in [5.74, 6) is -0.981. The summed E-state index contributed by atoms with van der Waals surface area (Å²) in [7, 11) is 0. The molecular weight excluding hydrogens is 300 g/mol. The van der Waals surface area contributed by atoms with Crippen LogP contribution in [-0.4, -0.2) is 56.3 Å². The lowest BCUT2D eigenvalue weighted by molar-refractivity contribution is -0.143. The van der Waals surface area contributed by atoms with Gasteiger partial charge in [-0.25, -0.2) is 4.79 Å². The van der Waals surface area contributed by atoms with E-state index in [1.807, 2.05) is 44.2 Å². The van der Waals surface area contributed by atoms with Crippen molar-refractivity contribution in [1.29, 1.82) is 0 Å². The quantitative estimate of drug-likeness (QED) is 0.560. The fourth-order valence-electron chi connectivity index (χ4n) is 1.78. The molecule has 0 aliphatic rings. The van der Waals surface area contributed by atoms with Gasteiger partial charge < -0.3 is 24.1 Å². The van der Waals surface area contributed by atoms with Crippen molar-refractivity contribution in [2.75, 3.05) is 33.0 Å². The van der Waals surface area contributed by atoms with Crippen LogP contribution in [-0.2, 0) is 30.3 Å². The van der Waals surface area contributed by atoms with Crippen LogP contribution in [0.5, 0.6) is 0 Å². The van der Waals surface area contributed by atoms with Crippen LogP contribution in [0.25, 0.3) is 0 Å². The minimum atomic E-state index is -0.981. The van der Waals surface area contributed by atoms with Gasteiger partial charge in [0.05, 0.1) is 45.2 Å². The zero-order valence-corrected chi connectivity index (χ0v) is 13.8. The van der Waals surface area contributed by atoms with Gasteiger partial charge >= 0.3 is 5.97 Å². The van der Waals surface area contributed by atoms with Crippen molar-refractivity contribution < 1.29 is 28.8 Å². The first-order chi connectivity index (χ1) is 11.1. The topological polar surface area (TPSA) is 74.2 Å². The smallest absolute Gasteiger partial charge is 0.329 e. The lowest BCUT2D eigenvalue weighted by atomic mass is 10.2. The molecule has 1 aromatic carbocycles. The average molecular weight is 326 g/mol. The van der Waals surface area contributed by atoms with Gasteiger partial charge in [0.15, 0.2) is 0 Å². The number of aliphatic carboxylic acids is 1. The minimum absolute atomic E-state index is 0.0743. The summed E-state index contributed by atoms with van der Waals surface area (Å²) in [6.45, 7) is 5.72. The van der Waals surface area contributed by atoms with Gasteiger partial charge in [0.1, 0.15) is 6.61 Å².